The van der Waals surface area contributed by atoms with Crippen LogP contribution in [-0.4, -0.2) is 59.2 Å². The molecule has 0 atom stereocenters. The number of rotatable bonds is 5. The summed E-state index contributed by atoms with van der Waals surface area (Å²) in [7, 11) is -4.42. The Labute approximate surface area is 185 Å². The highest BCUT2D eigenvalue weighted by Crippen LogP contribution is 2.25. The van der Waals surface area contributed by atoms with Crippen molar-refractivity contribution in [2.45, 2.75) is 11.4 Å². The van der Waals surface area contributed by atoms with Gasteiger partial charge in [-0.3, -0.25) is 14.9 Å². The highest BCUT2D eigenvalue weighted by atomic mass is 32.2. The number of amides is 1. The third-order valence-corrected chi connectivity index (χ3v) is 7.40. The largest absolute Gasteiger partial charge is 0.339 e. The predicted molar refractivity (Wildman–Crippen MR) is 110 cm³/mol. The summed E-state index contributed by atoms with van der Waals surface area (Å²) in [5.41, 5.74) is 0.561. The average Bonchev–Trinajstić information content (AvgIpc) is 3.19. The molecule has 0 aliphatic carbocycles. The Hall–Kier alpha value is -3.45. The van der Waals surface area contributed by atoms with E-state index in [1.165, 1.54) is 17.0 Å². The molecule has 33 heavy (non-hydrogen) atoms. The van der Waals surface area contributed by atoms with Crippen molar-refractivity contribution in [3.63, 3.8) is 0 Å². The molecule has 2 heterocycles. The number of carbonyl (C=O) groups excluding carboxylic acids is 1. The lowest BCUT2D eigenvalue weighted by Crippen LogP contribution is -2.51. The standard InChI is InChI=1S/C20H17F3N4O5S/c21-15-2-4-17(20(23)19(15)22)33(31,32)26-9-7-24(8-10-26)18(28)12-25-6-5-13-11-14(27(29)30)1-3-16(13)25/h1-6,11H,7-10,12H2. The zero-order valence-electron chi connectivity index (χ0n) is 16.9. The highest BCUT2D eigenvalue weighted by Gasteiger charge is 2.33. The minimum Gasteiger partial charge on any atom is -0.339 e. The van der Waals surface area contributed by atoms with Crippen LogP contribution in [0.15, 0.2) is 47.5 Å². The molecule has 0 bridgehead atoms. The molecule has 1 aliphatic rings. The summed E-state index contributed by atoms with van der Waals surface area (Å²) in [6, 6.07) is 7.14. The zero-order chi connectivity index (χ0) is 23.9. The predicted octanol–water partition coefficient (Wildman–Crippen LogP) is 2.50. The Balaban J connectivity index is 1.44. The van der Waals surface area contributed by atoms with E-state index in [-0.39, 0.29) is 44.3 Å². The number of nitro groups is 1. The number of fused-ring (bicyclic) bond motifs is 1. The Morgan fingerprint density at radius 1 is 1.00 bits per heavy atom. The first-order valence-electron chi connectivity index (χ1n) is 9.74. The number of aromatic nitrogens is 1. The van der Waals surface area contributed by atoms with E-state index in [2.05, 4.69) is 0 Å². The fourth-order valence-corrected chi connectivity index (χ4v) is 5.19. The third kappa shape index (κ3) is 4.16. The second-order valence-electron chi connectivity index (χ2n) is 7.40. The van der Waals surface area contributed by atoms with Crippen molar-refractivity contribution in [1.82, 2.24) is 13.8 Å². The van der Waals surface area contributed by atoms with Crippen molar-refractivity contribution in [3.05, 3.63) is 70.2 Å². The Morgan fingerprint density at radius 2 is 1.70 bits per heavy atom. The van der Waals surface area contributed by atoms with Gasteiger partial charge in [0.2, 0.25) is 15.9 Å². The van der Waals surface area contributed by atoms with Gasteiger partial charge in [0.15, 0.2) is 17.5 Å². The Kier molecular flexibility index (Phi) is 5.84. The highest BCUT2D eigenvalue weighted by molar-refractivity contribution is 7.89. The summed E-state index contributed by atoms with van der Waals surface area (Å²) in [6.07, 6.45) is 1.62. The van der Waals surface area contributed by atoms with Crippen LogP contribution in [0.5, 0.6) is 0 Å². The molecule has 13 heteroatoms. The number of nitro benzene ring substituents is 1. The van der Waals surface area contributed by atoms with Crippen LogP contribution in [0.4, 0.5) is 18.9 Å². The van der Waals surface area contributed by atoms with Crippen molar-refractivity contribution in [1.29, 1.82) is 0 Å². The molecule has 1 fully saturated rings. The number of halogens is 3. The Bertz CT molecular complexity index is 1370. The number of sulfonamides is 1. The Morgan fingerprint density at radius 3 is 2.36 bits per heavy atom. The maximum atomic E-state index is 14.0. The fourth-order valence-electron chi connectivity index (χ4n) is 3.71. The van der Waals surface area contributed by atoms with E-state index in [9.17, 15) is 36.5 Å². The van der Waals surface area contributed by atoms with Crippen molar-refractivity contribution in [2.24, 2.45) is 0 Å². The molecule has 0 unspecified atom stereocenters. The van der Waals surface area contributed by atoms with E-state index in [0.29, 0.717) is 23.0 Å². The first-order chi connectivity index (χ1) is 15.6. The number of benzene rings is 2. The van der Waals surface area contributed by atoms with Gasteiger partial charge < -0.3 is 9.47 Å². The summed E-state index contributed by atoms with van der Waals surface area (Å²) in [5.74, 6) is -5.45. The van der Waals surface area contributed by atoms with Gasteiger partial charge in [0.25, 0.3) is 5.69 Å². The van der Waals surface area contributed by atoms with Crippen LogP contribution in [0.2, 0.25) is 0 Å². The molecule has 4 rings (SSSR count). The molecule has 9 nitrogen and oxygen atoms in total. The maximum absolute atomic E-state index is 14.0. The van der Waals surface area contributed by atoms with Crippen LogP contribution in [0, 0.1) is 27.6 Å². The SMILES string of the molecule is O=C(Cn1ccc2cc([N+](=O)[O-])ccc21)N1CCN(S(=O)(=O)c2ccc(F)c(F)c2F)CC1. The van der Waals surface area contributed by atoms with Crippen molar-refractivity contribution in [3.8, 4) is 0 Å². The van der Waals surface area contributed by atoms with E-state index in [1.54, 1.807) is 22.9 Å². The van der Waals surface area contributed by atoms with E-state index in [0.717, 1.165) is 4.31 Å². The topological polar surface area (TPSA) is 106 Å². The van der Waals surface area contributed by atoms with Crippen LogP contribution in [0.25, 0.3) is 10.9 Å². The molecular weight excluding hydrogens is 465 g/mol. The lowest BCUT2D eigenvalue weighted by Gasteiger charge is -2.34. The third-order valence-electron chi connectivity index (χ3n) is 5.48. The molecule has 1 aromatic heterocycles. The summed E-state index contributed by atoms with van der Waals surface area (Å²) < 4.78 is 68.5. The smallest absolute Gasteiger partial charge is 0.270 e. The molecule has 1 saturated heterocycles. The van der Waals surface area contributed by atoms with Gasteiger partial charge in [-0.05, 0) is 24.3 Å². The molecule has 0 N–H and O–H groups in total. The second-order valence-corrected chi connectivity index (χ2v) is 9.31. The van der Waals surface area contributed by atoms with Gasteiger partial charge >= 0.3 is 0 Å². The second kappa shape index (κ2) is 8.48. The number of nitrogens with zero attached hydrogens (tertiary/aromatic N) is 4. The fraction of sp³-hybridized carbons (Fsp3) is 0.250. The zero-order valence-corrected chi connectivity index (χ0v) is 17.8. The number of hydrogen-bond acceptors (Lipinski definition) is 5. The minimum absolute atomic E-state index is 0.0219. The van der Waals surface area contributed by atoms with Gasteiger partial charge in [0, 0.05) is 55.4 Å². The van der Waals surface area contributed by atoms with Gasteiger partial charge in [-0.1, -0.05) is 0 Å². The maximum Gasteiger partial charge on any atom is 0.270 e. The van der Waals surface area contributed by atoms with Crippen LogP contribution in [0.3, 0.4) is 0 Å². The van der Waals surface area contributed by atoms with E-state index < -0.39 is 37.3 Å². The molecule has 1 amide bonds. The van der Waals surface area contributed by atoms with Gasteiger partial charge in [-0.15, -0.1) is 0 Å². The van der Waals surface area contributed by atoms with E-state index in [4.69, 9.17) is 0 Å². The molecule has 0 saturated carbocycles. The van der Waals surface area contributed by atoms with Crippen LogP contribution in [0.1, 0.15) is 0 Å². The minimum atomic E-state index is -4.42. The number of piperazine rings is 1. The van der Waals surface area contributed by atoms with Crippen molar-refractivity contribution < 1.29 is 31.3 Å². The van der Waals surface area contributed by atoms with Gasteiger partial charge in [0.1, 0.15) is 11.4 Å². The lowest BCUT2D eigenvalue weighted by atomic mass is 10.2. The van der Waals surface area contributed by atoms with Crippen LogP contribution >= 0.6 is 0 Å². The summed E-state index contributed by atoms with van der Waals surface area (Å²) in [5, 5.41) is 11.5. The van der Waals surface area contributed by atoms with Crippen LogP contribution < -0.4 is 0 Å². The summed E-state index contributed by atoms with van der Waals surface area (Å²) >= 11 is 0. The van der Waals surface area contributed by atoms with Crippen molar-refractivity contribution >= 4 is 32.5 Å². The monoisotopic (exact) mass is 482 g/mol. The molecule has 174 valence electrons. The number of non-ortho nitro benzene ring substituents is 1. The summed E-state index contributed by atoms with van der Waals surface area (Å²) in [6.45, 7) is -0.315. The first kappa shape index (κ1) is 22.7. The molecule has 3 aromatic rings. The average molecular weight is 482 g/mol. The lowest BCUT2D eigenvalue weighted by molar-refractivity contribution is -0.384. The van der Waals surface area contributed by atoms with Crippen LogP contribution in [-0.2, 0) is 21.4 Å². The van der Waals surface area contributed by atoms with Gasteiger partial charge in [-0.2, -0.15) is 4.31 Å². The molecule has 0 radical (unpaired) electrons. The molecule has 0 spiro atoms. The van der Waals surface area contributed by atoms with E-state index >= 15 is 0 Å². The molecule has 1 aliphatic heterocycles. The normalized spacial score (nSPS) is 15.2. The van der Waals surface area contributed by atoms with Crippen molar-refractivity contribution in [2.75, 3.05) is 26.2 Å². The number of hydrogen-bond donors (Lipinski definition) is 0. The van der Waals surface area contributed by atoms with Gasteiger partial charge in [-0.25, -0.2) is 21.6 Å². The first-order valence-corrected chi connectivity index (χ1v) is 11.2. The molecular formula is C20H17F3N4O5S. The van der Waals surface area contributed by atoms with E-state index in [1.807, 2.05) is 0 Å². The van der Waals surface area contributed by atoms with Gasteiger partial charge in [0.05, 0.1) is 4.92 Å². The quantitative estimate of drug-likeness (QED) is 0.316. The molecule has 2 aromatic carbocycles. The number of carbonyl (C=O) groups is 1. The summed E-state index contributed by atoms with van der Waals surface area (Å²) in [4.78, 5) is 23.6.